The van der Waals surface area contributed by atoms with E-state index >= 15 is 0 Å². The summed E-state index contributed by atoms with van der Waals surface area (Å²) >= 11 is 0. The van der Waals surface area contributed by atoms with Crippen molar-refractivity contribution < 1.29 is 18.0 Å². The number of anilines is 1. The van der Waals surface area contributed by atoms with E-state index in [2.05, 4.69) is 5.32 Å². The predicted molar refractivity (Wildman–Crippen MR) is 129 cm³/mol. The topological polar surface area (TPSA) is 86.8 Å². The summed E-state index contributed by atoms with van der Waals surface area (Å²) in [6, 6.07) is 13.7. The normalized spacial score (nSPS) is 17.5. The fraction of sp³-hybridized carbons (Fsp3) is 0.440. The van der Waals surface area contributed by atoms with Gasteiger partial charge in [0.1, 0.15) is 0 Å². The molecular formula is C25H31N3O4S. The van der Waals surface area contributed by atoms with E-state index in [-0.39, 0.29) is 17.6 Å². The Morgan fingerprint density at radius 3 is 2.06 bits per heavy atom. The van der Waals surface area contributed by atoms with Crippen LogP contribution >= 0.6 is 0 Å². The Bertz CT molecular complexity index is 1090. The first-order valence-electron chi connectivity index (χ1n) is 11.7. The highest BCUT2D eigenvalue weighted by Gasteiger charge is 2.24. The number of rotatable bonds is 6. The van der Waals surface area contributed by atoms with Crippen LogP contribution in [0.3, 0.4) is 0 Å². The molecule has 2 amide bonds. The molecule has 0 unspecified atom stereocenters. The highest BCUT2D eigenvalue weighted by Crippen LogP contribution is 2.22. The summed E-state index contributed by atoms with van der Waals surface area (Å²) in [6.45, 7) is 2.64. The monoisotopic (exact) mass is 469 g/mol. The van der Waals surface area contributed by atoms with Gasteiger partial charge in [0.25, 0.3) is 11.8 Å². The number of hydrogen-bond acceptors (Lipinski definition) is 4. The molecule has 7 nitrogen and oxygen atoms in total. The van der Waals surface area contributed by atoms with Crippen LogP contribution in [0.2, 0.25) is 0 Å². The van der Waals surface area contributed by atoms with Crippen molar-refractivity contribution in [3.63, 3.8) is 0 Å². The van der Waals surface area contributed by atoms with E-state index in [9.17, 15) is 18.0 Å². The van der Waals surface area contributed by atoms with E-state index in [4.69, 9.17) is 0 Å². The summed E-state index contributed by atoms with van der Waals surface area (Å²) in [4.78, 5) is 27.6. The number of sulfonamides is 1. The molecule has 0 bridgehead atoms. The zero-order valence-electron chi connectivity index (χ0n) is 18.8. The van der Waals surface area contributed by atoms with Gasteiger partial charge >= 0.3 is 0 Å². The summed E-state index contributed by atoms with van der Waals surface area (Å²) in [5.41, 5.74) is 2.03. The molecule has 0 aliphatic carbocycles. The molecule has 0 spiro atoms. The molecule has 176 valence electrons. The van der Waals surface area contributed by atoms with Crippen LogP contribution < -0.4 is 5.32 Å². The second-order valence-corrected chi connectivity index (χ2v) is 10.7. The van der Waals surface area contributed by atoms with Crippen LogP contribution in [0.15, 0.2) is 48.5 Å². The molecule has 4 rings (SSSR count). The van der Waals surface area contributed by atoms with Gasteiger partial charge in [-0.3, -0.25) is 9.59 Å². The number of benzene rings is 2. The Morgan fingerprint density at radius 1 is 0.788 bits per heavy atom. The largest absolute Gasteiger partial charge is 0.339 e. The van der Waals surface area contributed by atoms with Crippen LogP contribution in [0.5, 0.6) is 0 Å². The minimum atomic E-state index is -3.35. The SMILES string of the molecule is O=C(Nc1ccccc1C(=O)N1CCCCC1)c1ccc(CS(=O)(=O)N2CCCCC2)cc1. The first kappa shape index (κ1) is 23.4. The number of nitrogens with one attached hydrogen (secondary N) is 1. The average molecular weight is 470 g/mol. The number of carbonyl (C=O) groups is 2. The maximum atomic E-state index is 13.0. The van der Waals surface area contributed by atoms with Gasteiger partial charge in [0, 0.05) is 31.7 Å². The molecular weight excluding hydrogens is 438 g/mol. The molecule has 2 heterocycles. The van der Waals surface area contributed by atoms with Crippen molar-refractivity contribution in [2.45, 2.75) is 44.3 Å². The van der Waals surface area contributed by atoms with E-state index in [1.54, 1.807) is 52.8 Å². The lowest BCUT2D eigenvalue weighted by atomic mass is 10.1. The average Bonchev–Trinajstić information content (AvgIpc) is 2.85. The molecule has 2 aromatic carbocycles. The summed E-state index contributed by atoms with van der Waals surface area (Å²) in [7, 11) is -3.35. The van der Waals surface area contributed by atoms with Crippen LogP contribution in [0.25, 0.3) is 0 Å². The Labute approximate surface area is 195 Å². The number of nitrogens with zero attached hydrogens (tertiary/aromatic N) is 2. The van der Waals surface area contributed by atoms with E-state index in [1.165, 1.54) is 0 Å². The van der Waals surface area contributed by atoms with E-state index in [0.29, 0.717) is 35.5 Å². The van der Waals surface area contributed by atoms with Crippen molar-refractivity contribution >= 4 is 27.5 Å². The number of hydrogen-bond donors (Lipinski definition) is 1. The first-order chi connectivity index (χ1) is 15.9. The van der Waals surface area contributed by atoms with Crippen LogP contribution in [-0.2, 0) is 15.8 Å². The Morgan fingerprint density at radius 2 is 1.39 bits per heavy atom. The van der Waals surface area contributed by atoms with Gasteiger partial charge in [-0.2, -0.15) is 0 Å². The van der Waals surface area contributed by atoms with Crippen LogP contribution in [0, 0.1) is 0 Å². The number of likely N-dealkylation sites (tertiary alicyclic amines) is 1. The molecule has 0 atom stereocenters. The van der Waals surface area contributed by atoms with Crippen molar-refractivity contribution in [1.82, 2.24) is 9.21 Å². The zero-order chi connectivity index (χ0) is 23.3. The predicted octanol–water partition coefficient (Wildman–Crippen LogP) is 3.88. The summed E-state index contributed by atoms with van der Waals surface area (Å²) in [5.74, 6) is -0.467. The van der Waals surface area contributed by atoms with E-state index in [0.717, 1.165) is 51.6 Å². The Hall–Kier alpha value is -2.71. The molecule has 2 aromatic rings. The fourth-order valence-corrected chi connectivity index (χ4v) is 6.05. The van der Waals surface area contributed by atoms with Crippen molar-refractivity contribution in [3.8, 4) is 0 Å². The van der Waals surface area contributed by atoms with Gasteiger partial charge in [-0.05, 0) is 61.9 Å². The van der Waals surface area contributed by atoms with Crippen LogP contribution in [0.1, 0.15) is 64.8 Å². The smallest absolute Gasteiger partial charge is 0.255 e. The molecule has 2 saturated heterocycles. The third kappa shape index (κ3) is 5.81. The Balaban J connectivity index is 1.43. The quantitative estimate of drug-likeness (QED) is 0.696. The second-order valence-electron chi connectivity index (χ2n) is 8.77. The second kappa shape index (κ2) is 10.5. The van der Waals surface area contributed by atoms with Gasteiger partial charge in [0.05, 0.1) is 17.0 Å². The lowest BCUT2D eigenvalue weighted by Gasteiger charge is -2.27. The highest BCUT2D eigenvalue weighted by atomic mass is 32.2. The van der Waals surface area contributed by atoms with Gasteiger partial charge in [-0.15, -0.1) is 0 Å². The molecule has 0 aromatic heterocycles. The van der Waals surface area contributed by atoms with Crippen LogP contribution in [0.4, 0.5) is 5.69 Å². The number of piperidine rings is 2. The van der Waals surface area contributed by atoms with Crippen molar-refractivity contribution in [2.24, 2.45) is 0 Å². The summed E-state index contributed by atoms with van der Waals surface area (Å²) < 4.78 is 26.9. The van der Waals surface area contributed by atoms with Gasteiger partial charge in [-0.1, -0.05) is 30.7 Å². The molecule has 33 heavy (non-hydrogen) atoms. The van der Waals surface area contributed by atoms with Gasteiger partial charge < -0.3 is 10.2 Å². The Kier molecular flexibility index (Phi) is 7.45. The zero-order valence-corrected chi connectivity index (χ0v) is 19.6. The number of para-hydroxylation sites is 1. The van der Waals surface area contributed by atoms with Gasteiger partial charge in [-0.25, -0.2) is 12.7 Å². The maximum absolute atomic E-state index is 13.0. The van der Waals surface area contributed by atoms with E-state index < -0.39 is 10.0 Å². The maximum Gasteiger partial charge on any atom is 0.255 e. The third-order valence-corrected chi connectivity index (χ3v) is 8.17. The van der Waals surface area contributed by atoms with Gasteiger partial charge in [0.2, 0.25) is 10.0 Å². The lowest BCUT2D eigenvalue weighted by Crippen LogP contribution is -2.36. The minimum Gasteiger partial charge on any atom is -0.339 e. The molecule has 2 fully saturated rings. The van der Waals surface area contributed by atoms with Crippen LogP contribution in [-0.4, -0.2) is 55.6 Å². The molecule has 2 aliphatic rings. The van der Waals surface area contributed by atoms with E-state index in [1.807, 2.05) is 4.90 Å². The minimum absolute atomic E-state index is 0.0659. The molecule has 0 saturated carbocycles. The standard InChI is InChI=1S/C25H31N3O4S/c29-24(26-23-10-4-3-9-22(23)25(30)27-15-5-1-6-16-27)21-13-11-20(12-14-21)19-33(31,32)28-17-7-2-8-18-28/h3-4,9-14H,1-2,5-8,15-19H2,(H,26,29). The molecule has 8 heteroatoms. The number of amides is 2. The molecule has 1 N–H and O–H groups in total. The number of carbonyl (C=O) groups excluding carboxylic acids is 2. The molecule has 2 aliphatic heterocycles. The van der Waals surface area contributed by atoms with Crippen molar-refractivity contribution in [1.29, 1.82) is 0 Å². The molecule has 0 radical (unpaired) electrons. The fourth-order valence-electron chi connectivity index (χ4n) is 4.44. The third-order valence-electron chi connectivity index (χ3n) is 6.32. The highest BCUT2D eigenvalue weighted by molar-refractivity contribution is 7.88. The van der Waals surface area contributed by atoms with Gasteiger partial charge in [0.15, 0.2) is 0 Å². The van der Waals surface area contributed by atoms with Crippen molar-refractivity contribution in [3.05, 3.63) is 65.2 Å². The first-order valence-corrected chi connectivity index (χ1v) is 13.3. The summed E-state index contributed by atoms with van der Waals surface area (Å²) in [5, 5.41) is 2.85. The lowest BCUT2D eigenvalue weighted by molar-refractivity contribution is 0.0725. The summed E-state index contributed by atoms with van der Waals surface area (Å²) in [6.07, 6.45) is 6.01. The van der Waals surface area contributed by atoms with Crippen molar-refractivity contribution in [2.75, 3.05) is 31.5 Å².